The zero-order valence-electron chi connectivity index (χ0n) is 11.8. The first-order valence-electron chi connectivity index (χ1n) is 6.50. The molecule has 0 saturated carbocycles. The van der Waals surface area contributed by atoms with E-state index in [-0.39, 0.29) is 5.91 Å². The number of anilines is 3. The largest absolute Gasteiger partial charge is 0.399 e. The third-order valence-electron chi connectivity index (χ3n) is 3.30. The molecule has 2 N–H and O–H groups in total. The van der Waals surface area contributed by atoms with E-state index >= 15 is 0 Å². The molecule has 1 amide bonds. The Hall–Kier alpha value is -2.89. The Morgan fingerprint density at radius 1 is 1.29 bits per heavy atom. The highest BCUT2D eigenvalue weighted by molar-refractivity contribution is 6.00. The second-order valence-electron chi connectivity index (χ2n) is 4.81. The Morgan fingerprint density at radius 2 is 2.10 bits per heavy atom. The molecule has 6 nitrogen and oxygen atoms in total. The standard InChI is InChI=1S/C15H15N5O/c1-10(21)20(15-7-12(16)5-6-17-15)13-4-3-11-9-18-19(2)14(11)8-13/h3-9H,1-2H3,(H2,16,17). The SMILES string of the molecule is CC(=O)N(c1ccc2cnn(C)c2c1)c1cc(N)ccn1. The fourth-order valence-electron chi connectivity index (χ4n) is 2.30. The molecule has 2 heterocycles. The van der Waals surface area contributed by atoms with Crippen LogP contribution in [-0.2, 0) is 11.8 Å². The van der Waals surface area contributed by atoms with Crippen LogP contribution in [0.15, 0.2) is 42.7 Å². The van der Waals surface area contributed by atoms with Crippen LogP contribution in [0.4, 0.5) is 17.2 Å². The van der Waals surface area contributed by atoms with Gasteiger partial charge in [-0.05, 0) is 24.3 Å². The average Bonchev–Trinajstić information content (AvgIpc) is 2.80. The summed E-state index contributed by atoms with van der Waals surface area (Å²) in [6, 6.07) is 9.08. The van der Waals surface area contributed by atoms with Gasteiger partial charge in [0.1, 0.15) is 5.82 Å². The number of rotatable bonds is 2. The summed E-state index contributed by atoms with van der Waals surface area (Å²) in [4.78, 5) is 17.8. The lowest BCUT2D eigenvalue weighted by Crippen LogP contribution is -2.23. The molecule has 6 heteroatoms. The summed E-state index contributed by atoms with van der Waals surface area (Å²) >= 11 is 0. The first-order valence-corrected chi connectivity index (χ1v) is 6.50. The smallest absolute Gasteiger partial charge is 0.229 e. The molecule has 3 rings (SSSR count). The highest BCUT2D eigenvalue weighted by atomic mass is 16.2. The Bertz CT molecular complexity index is 824. The molecule has 0 saturated heterocycles. The molecule has 0 aliphatic rings. The van der Waals surface area contributed by atoms with Crippen molar-refractivity contribution in [2.24, 2.45) is 7.05 Å². The van der Waals surface area contributed by atoms with E-state index in [9.17, 15) is 4.79 Å². The summed E-state index contributed by atoms with van der Waals surface area (Å²) in [6.07, 6.45) is 3.37. The number of aromatic nitrogens is 3. The molecular weight excluding hydrogens is 266 g/mol. The molecule has 0 atom stereocenters. The van der Waals surface area contributed by atoms with Crippen molar-refractivity contribution >= 4 is 34.0 Å². The Morgan fingerprint density at radius 3 is 2.81 bits per heavy atom. The molecule has 21 heavy (non-hydrogen) atoms. The second kappa shape index (κ2) is 4.90. The first-order chi connectivity index (χ1) is 10.1. The van der Waals surface area contributed by atoms with Crippen molar-refractivity contribution < 1.29 is 4.79 Å². The maximum atomic E-state index is 12.0. The summed E-state index contributed by atoms with van der Waals surface area (Å²) in [5.41, 5.74) is 8.02. The number of carbonyl (C=O) groups is 1. The number of nitrogen functional groups attached to an aromatic ring is 1. The molecule has 106 valence electrons. The van der Waals surface area contributed by atoms with E-state index in [4.69, 9.17) is 5.73 Å². The van der Waals surface area contributed by atoms with Crippen LogP contribution in [-0.4, -0.2) is 20.7 Å². The van der Waals surface area contributed by atoms with E-state index in [1.54, 1.807) is 29.2 Å². The number of nitrogens with zero attached hydrogens (tertiary/aromatic N) is 4. The van der Waals surface area contributed by atoms with Crippen LogP contribution < -0.4 is 10.6 Å². The number of hydrogen-bond acceptors (Lipinski definition) is 4. The van der Waals surface area contributed by atoms with Gasteiger partial charge >= 0.3 is 0 Å². The van der Waals surface area contributed by atoms with Crippen molar-refractivity contribution in [1.82, 2.24) is 14.8 Å². The number of nitrogens with two attached hydrogens (primary N) is 1. The van der Waals surface area contributed by atoms with Gasteiger partial charge in [-0.15, -0.1) is 0 Å². The van der Waals surface area contributed by atoms with Crippen molar-refractivity contribution in [3.63, 3.8) is 0 Å². The lowest BCUT2D eigenvalue weighted by atomic mass is 10.2. The van der Waals surface area contributed by atoms with E-state index < -0.39 is 0 Å². The number of pyridine rings is 1. The quantitative estimate of drug-likeness (QED) is 0.781. The summed E-state index contributed by atoms with van der Waals surface area (Å²) in [5, 5.41) is 5.22. The van der Waals surface area contributed by atoms with E-state index in [1.807, 2.05) is 25.2 Å². The summed E-state index contributed by atoms with van der Waals surface area (Å²) in [5.74, 6) is 0.374. The molecule has 0 aliphatic heterocycles. The molecule has 3 aromatic rings. The molecular formula is C15H15N5O. The van der Waals surface area contributed by atoms with Gasteiger partial charge in [-0.3, -0.25) is 14.4 Å². The second-order valence-corrected chi connectivity index (χ2v) is 4.81. The molecule has 0 bridgehead atoms. The van der Waals surface area contributed by atoms with Crippen molar-refractivity contribution in [3.8, 4) is 0 Å². The van der Waals surface area contributed by atoms with Gasteiger partial charge in [0.15, 0.2) is 0 Å². The monoisotopic (exact) mass is 281 g/mol. The minimum atomic E-state index is -0.130. The highest BCUT2D eigenvalue weighted by Crippen LogP contribution is 2.28. The van der Waals surface area contributed by atoms with Crippen LogP contribution in [0.25, 0.3) is 10.9 Å². The number of carbonyl (C=O) groups excluding carboxylic acids is 1. The van der Waals surface area contributed by atoms with Crippen LogP contribution in [0.5, 0.6) is 0 Å². The minimum Gasteiger partial charge on any atom is -0.399 e. The van der Waals surface area contributed by atoms with E-state index in [0.717, 1.165) is 16.6 Å². The van der Waals surface area contributed by atoms with Crippen molar-refractivity contribution in [2.75, 3.05) is 10.6 Å². The van der Waals surface area contributed by atoms with Gasteiger partial charge in [0, 0.05) is 37.3 Å². The third-order valence-corrected chi connectivity index (χ3v) is 3.30. The predicted octanol–water partition coefficient (Wildman–Crippen LogP) is 2.24. The van der Waals surface area contributed by atoms with Crippen LogP contribution in [0.1, 0.15) is 6.92 Å². The number of aryl methyl sites for hydroxylation is 1. The van der Waals surface area contributed by atoms with Crippen LogP contribution in [0.3, 0.4) is 0 Å². The van der Waals surface area contributed by atoms with E-state index in [1.165, 1.54) is 11.8 Å². The maximum Gasteiger partial charge on any atom is 0.229 e. The van der Waals surface area contributed by atoms with Gasteiger partial charge in [-0.1, -0.05) is 0 Å². The van der Waals surface area contributed by atoms with Gasteiger partial charge in [0.2, 0.25) is 5.91 Å². The molecule has 0 fully saturated rings. The van der Waals surface area contributed by atoms with Crippen molar-refractivity contribution in [2.45, 2.75) is 6.92 Å². The lowest BCUT2D eigenvalue weighted by Gasteiger charge is -2.20. The minimum absolute atomic E-state index is 0.130. The van der Waals surface area contributed by atoms with E-state index in [2.05, 4.69) is 10.1 Å². The van der Waals surface area contributed by atoms with Gasteiger partial charge in [-0.25, -0.2) is 4.98 Å². The maximum absolute atomic E-state index is 12.0. The third kappa shape index (κ3) is 2.31. The zero-order chi connectivity index (χ0) is 15.0. The molecule has 0 aliphatic carbocycles. The van der Waals surface area contributed by atoms with Gasteiger partial charge in [0.05, 0.1) is 17.4 Å². The lowest BCUT2D eigenvalue weighted by molar-refractivity contribution is -0.115. The molecule has 0 radical (unpaired) electrons. The zero-order valence-corrected chi connectivity index (χ0v) is 11.8. The average molecular weight is 281 g/mol. The normalized spacial score (nSPS) is 10.8. The molecule has 2 aromatic heterocycles. The number of fused-ring (bicyclic) bond motifs is 1. The predicted molar refractivity (Wildman–Crippen MR) is 82.2 cm³/mol. The van der Waals surface area contributed by atoms with E-state index in [0.29, 0.717) is 11.5 Å². The molecule has 1 aromatic carbocycles. The van der Waals surface area contributed by atoms with Gasteiger partial charge in [0.25, 0.3) is 0 Å². The Balaban J connectivity index is 2.15. The molecule has 0 spiro atoms. The molecule has 0 unspecified atom stereocenters. The van der Waals surface area contributed by atoms with Gasteiger partial charge in [-0.2, -0.15) is 5.10 Å². The topological polar surface area (TPSA) is 77.0 Å². The number of amides is 1. The van der Waals surface area contributed by atoms with Crippen molar-refractivity contribution in [1.29, 1.82) is 0 Å². The summed E-state index contributed by atoms with van der Waals surface area (Å²) in [7, 11) is 1.86. The van der Waals surface area contributed by atoms with Crippen LogP contribution in [0, 0.1) is 0 Å². The van der Waals surface area contributed by atoms with Gasteiger partial charge < -0.3 is 5.73 Å². The Labute approximate surface area is 121 Å². The number of benzene rings is 1. The first kappa shape index (κ1) is 13.1. The van der Waals surface area contributed by atoms with Crippen LogP contribution in [0.2, 0.25) is 0 Å². The fourth-order valence-corrected chi connectivity index (χ4v) is 2.30. The van der Waals surface area contributed by atoms with Crippen LogP contribution >= 0.6 is 0 Å². The summed E-state index contributed by atoms with van der Waals surface area (Å²) < 4.78 is 1.77. The fraction of sp³-hybridized carbons (Fsp3) is 0.133. The summed E-state index contributed by atoms with van der Waals surface area (Å²) in [6.45, 7) is 1.50. The highest BCUT2D eigenvalue weighted by Gasteiger charge is 2.16. The number of hydrogen-bond donors (Lipinski definition) is 1. The Kier molecular flexibility index (Phi) is 3.06. The van der Waals surface area contributed by atoms with Crippen molar-refractivity contribution in [3.05, 3.63) is 42.7 Å².